The summed E-state index contributed by atoms with van der Waals surface area (Å²) in [5, 5.41) is 2.99. The molecule has 2 rings (SSSR count). The summed E-state index contributed by atoms with van der Waals surface area (Å²) in [7, 11) is 0. The van der Waals surface area contributed by atoms with Gasteiger partial charge in [0.05, 0.1) is 6.20 Å². The lowest BCUT2D eigenvalue weighted by molar-refractivity contribution is -0.117. The minimum Gasteiger partial charge on any atom is -0.343 e. The summed E-state index contributed by atoms with van der Waals surface area (Å²) in [6, 6.07) is -0.234. The standard InChI is InChI=1S/C12H17ClN4O/c1-7(2)4-5-17-8(3)11(18)15-9-6-14-12(13)16-10(9)17/h6-8H,4-5H2,1-3H3,(H,15,18). The molecule has 1 aliphatic rings. The van der Waals surface area contributed by atoms with E-state index in [4.69, 9.17) is 11.6 Å². The summed E-state index contributed by atoms with van der Waals surface area (Å²) in [4.78, 5) is 22.0. The SMILES string of the molecule is CC(C)CCN1c2nc(Cl)ncc2NC(=O)C1C. The molecule has 0 saturated heterocycles. The van der Waals surface area contributed by atoms with Crippen molar-refractivity contribution in [2.24, 2.45) is 5.92 Å². The van der Waals surface area contributed by atoms with Crippen molar-refractivity contribution >= 4 is 29.0 Å². The van der Waals surface area contributed by atoms with Crippen molar-refractivity contribution < 1.29 is 4.79 Å². The third-order valence-corrected chi connectivity index (χ3v) is 3.25. The maximum Gasteiger partial charge on any atom is 0.246 e. The normalized spacial score (nSPS) is 18.8. The molecule has 1 N–H and O–H groups in total. The molecule has 98 valence electrons. The maximum atomic E-state index is 11.9. The molecule has 0 fully saturated rings. The second-order valence-corrected chi connectivity index (χ2v) is 5.26. The van der Waals surface area contributed by atoms with Crippen LogP contribution in [0.1, 0.15) is 27.2 Å². The predicted octanol–water partition coefficient (Wildman–Crippen LogP) is 2.32. The second kappa shape index (κ2) is 5.10. The van der Waals surface area contributed by atoms with Crippen molar-refractivity contribution in [2.45, 2.75) is 33.2 Å². The van der Waals surface area contributed by atoms with Crippen LogP contribution in [0.3, 0.4) is 0 Å². The summed E-state index contributed by atoms with van der Waals surface area (Å²) in [6.45, 7) is 6.96. The van der Waals surface area contributed by atoms with Gasteiger partial charge in [0, 0.05) is 6.54 Å². The van der Waals surface area contributed by atoms with Gasteiger partial charge in [0.2, 0.25) is 11.2 Å². The fraction of sp³-hybridized carbons (Fsp3) is 0.583. The summed E-state index contributed by atoms with van der Waals surface area (Å²) >= 11 is 5.83. The van der Waals surface area contributed by atoms with Crippen LogP contribution in [0, 0.1) is 5.92 Å². The molecule has 0 bridgehead atoms. The number of nitrogens with zero attached hydrogens (tertiary/aromatic N) is 3. The van der Waals surface area contributed by atoms with Gasteiger partial charge in [0.1, 0.15) is 11.7 Å². The Morgan fingerprint density at radius 1 is 1.56 bits per heavy atom. The van der Waals surface area contributed by atoms with E-state index in [1.165, 1.54) is 0 Å². The lowest BCUT2D eigenvalue weighted by Gasteiger charge is -2.35. The van der Waals surface area contributed by atoms with Crippen LogP contribution >= 0.6 is 11.6 Å². The number of halogens is 1. The second-order valence-electron chi connectivity index (χ2n) is 4.92. The van der Waals surface area contributed by atoms with Gasteiger partial charge in [-0.05, 0) is 30.9 Å². The molecule has 0 aliphatic carbocycles. The Balaban J connectivity index is 2.31. The van der Waals surface area contributed by atoms with Crippen LogP contribution in [0.25, 0.3) is 0 Å². The zero-order valence-electron chi connectivity index (χ0n) is 10.8. The molecule has 2 heterocycles. The fourth-order valence-electron chi connectivity index (χ4n) is 1.92. The average Bonchev–Trinajstić information content (AvgIpc) is 2.30. The fourth-order valence-corrected chi connectivity index (χ4v) is 2.05. The zero-order chi connectivity index (χ0) is 13.3. The summed E-state index contributed by atoms with van der Waals surface area (Å²) in [6.07, 6.45) is 2.55. The molecular weight excluding hydrogens is 252 g/mol. The summed E-state index contributed by atoms with van der Waals surface area (Å²) in [5.74, 6) is 1.25. The van der Waals surface area contributed by atoms with Crippen molar-refractivity contribution in [1.29, 1.82) is 0 Å². The first-order valence-corrected chi connectivity index (χ1v) is 6.47. The molecule has 0 spiro atoms. The highest BCUT2D eigenvalue weighted by Crippen LogP contribution is 2.30. The largest absolute Gasteiger partial charge is 0.343 e. The van der Waals surface area contributed by atoms with E-state index < -0.39 is 0 Å². The van der Waals surface area contributed by atoms with E-state index in [1.807, 2.05) is 11.8 Å². The number of carbonyl (C=O) groups is 1. The average molecular weight is 269 g/mol. The van der Waals surface area contributed by atoms with E-state index in [-0.39, 0.29) is 17.2 Å². The quantitative estimate of drug-likeness (QED) is 0.855. The number of amides is 1. The number of hydrogen-bond acceptors (Lipinski definition) is 4. The van der Waals surface area contributed by atoms with E-state index in [0.29, 0.717) is 17.4 Å². The van der Waals surface area contributed by atoms with Gasteiger partial charge in [-0.2, -0.15) is 4.98 Å². The number of fused-ring (bicyclic) bond motifs is 1. The monoisotopic (exact) mass is 268 g/mol. The number of aromatic nitrogens is 2. The van der Waals surface area contributed by atoms with Crippen LogP contribution in [0.15, 0.2) is 6.20 Å². The van der Waals surface area contributed by atoms with Crippen LogP contribution in [0.4, 0.5) is 11.5 Å². The minimum absolute atomic E-state index is 0.0304. The van der Waals surface area contributed by atoms with Crippen molar-refractivity contribution in [3.8, 4) is 0 Å². The first-order chi connectivity index (χ1) is 8.49. The molecule has 1 amide bonds. The highest BCUT2D eigenvalue weighted by Gasteiger charge is 2.30. The van der Waals surface area contributed by atoms with E-state index in [1.54, 1.807) is 6.20 Å². The van der Waals surface area contributed by atoms with Gasteiger partial charge in [0.15, 0.2) is 5.82 Å². The van der Waals surface area contributed by atoms with Gasteiger partial charge in [-0.15, -0.1) is 0 Å². The van der Waals surface area contributed by atoms with Crippen molar-refractivity contribution in [3.05, 3.63) is 11.5 Å². The van der Waals surface area contributed by atoms with Gasteiger partial charge in [0.25, 0.3) is 0 Å². The third kappa shape index (κ3) is 2.56. The van der Waals surface area contributed by atoms with Crippen molar-refractivity contribution in [3.63, 3.8) is 0 Å². The lowest BCUT2D eigenvalue weighted by Crippen LogP contribution is -2.47. The Labute approximate surface area is 112 Å². The zero-order valence-corrected chi connectivity index (χ0v) is 11.5. The molecule has 1 unspecified atom stereocenters. The third-order valence-electron chi connectivity index (χ3n) is 3.06. The molecule has 1 atom stereocenters. The molecule has 0 aromatic carbocycles. The number of hydrogen-bond donors (Lipinski definition) is 1. The lowest BCUT2D eigenvalue weighted by atomic mass is 10.1. The Bertz CT molecular complexity index is 463. The van der Waals surface area contributed by atoms with Crippen molar-refractivity contribution in [2.75, 3.05) is 16.8 Å². The molecule has 1 aromatic rings. The van der Waals surface area contributed by atoms with Gasteiger partial charge in [-0.1, -0.05) is 13.8 Å². The van der Waals surface area contributed by atoms with E-state index in [0.717, 1.165) is 13.0 Å². The maximum absolute atomic E-state index is 11.9. The molecule has 0 radical (unpaired) electrons. The Hall–Kier alpha value is -1.36. The first kappa shape index (κ1) is 13.1. The van der Waals surface area contributed by atoms with Gasteiger partial charge in [-0.3, -0.25) is 4.79 Å². The number of anilines is 2. The first-order valence-electron chi connectivity index (χ1n) is 6.09. The molecule has 1 aromatic heterocycles. The summed E-state index contributed by atoms with van der Waals surface area (Å²) < 4.78 is 0. The molecule has 18 heavy (non-hydrogen) atoms. The highest BCUT2D eigenvalue weighted by molar-refractivity contribution is 6.28. The molecule has 1 aliphatic heterocycles. The number of rotatable bonds is 3. The van der Waals surface area contributed by atoms with Gasteiger partial charge < -0.3 is 10.2 Å². The smallest absolute Gasteiger partial charge is 0.246 e. The predicted molar refractivity (Wildman–Crippen MR) is 71.9 cm³/mol. The van der Waals surface area contributed by atoms with Crippen LogP contribution in [0.2, 0.25) is 5.28 Å². The highest BCUT2D eigenvalue weighted by atomic mass is 35.5. The number of carbonyl (C=O) groups excluding carboxylic acids is 1. The Morgan fingerprint density at radius 2 is 2.28 bits per heavy atom. The van der Waals surface area contributed by atoms with E-state index >= 15 is 0 Å². The van der Waals surface area contributed by atoms with Crippen LogP contribution in [0.5, 0.6) is 0 Å². The Morgan fingerprint density at radius 3 is 2.94 bits per heavy atom. The molecular formula is C12H17ClN4O. The molecule has 0 saturated carbocycles. The van der Waals surface area contributed by atoms with Crippen LogP contribution in [-0.2, 0) is 4.79 Å². The van der Waals surface area contributed by atoms with E-state index in [2.05, 4.69) is 29.1 Å². The van der Waals surface area contributed by atoms with Crippen molar-refractivity contribution in [1.82, 2.24) is 9.97 Å². The Kier molecular flexibility index (Phi) is 3.71. The minimum atomic E-state index is -0.234. The molecule has 6 heteroatoms. The molecule has 5 nitrogen and oxygen atoms in total. The summed E-state index contributed by atoms with van der Waals surface area (Å²) in [5.41, 5.74) is 0.631. The van der Waals surface area contributed by atoms with E-state index in [9.17, 15) is 4.79 Å². The number of nitrogens with one attached hydrogen (secondary N) is 1. The van der Waals surface area contributed by atoms with Gasteiger partial charge in [-0.25, -0.2) is 4.98 Å². The van der Waals surface area contributed by atoms with Gasteiger partial charge >= 0.3 is 0 Å². The topological polar surface area (TPSA) is 58.1 Å². The van der Waals surface area contributed by atoms with Crippen LogP contribution in [-0.4, -0.2) is 28.5 Å². The van der Waals surface area contributed by atoms with Crippen LogP contribution < -0.4 is 10.2 Å².